The van der Waals surface area contributed by atoms with Gasteiger partial charge < -0.3 is 14.4 Å². The van der Waals surface area contributed by atoms with Gasteiger partial charge in [0, 0.05) is 39.3 Å². The summed E-state index contributed by atoms with van der Waals surface area (Å²) in [6.07, 6.45) is 1.26. The molecule has 2 aromatic carbocycles. The van der Waals surface area contributed by atoms with Gasteiger partial charge in [-0.05, 0) is 50.1 Å². The standard InChI is InChI=1S/C23H31FN2O2/c1-19(2)28-21-9-7-20(8-10-21)11-12-25-13-15-26(16-14-25)17-18-27-23-6-4-3-5-22(23)24/h3-10,19H,11-18H2,1-2H3. The van der Waals surface area contributed by atoms with E-state index in [1.165, 1.54) is 11.6 Å². The number of hydrogen-bond acceptors (Lipinski definition) is 4. The number of rotatable bonds is 9. The van der Waals surface area contributed by atoms with Crippen LogP contribution in [0.4, 0.5) is 4.39 Å². The molecule has 1 aliphatic rings. The van der Waals surface area contributed by atoms with Gasteiger partial charge in [-0.2, -0.15) is 0 Å². The Bertz CT molecular complexity index is 713. The van der Waals surface area contributed by atoms with Gasteiger partial charge in [0.25, 0.3) is 0 Å². The van der Waals surface area contributed by atoms with Crippen molar-refractivity contribution >= 4 is 0 Å². The highest BCUT2D eigenvalue weighted by atomic mass is 19.1. The third-order valence-electron chi connectivity index (χ3n) is 4.98. The molecule has 0 spiro atoms. The topological polar surface area (TPSA) is 24.9 Å². The van der Waals surface area contributed by atoms with Crippen LogP contribution >= 0.6 is 0 Å². The van der Waals surface area contributed by atoms with E-state index in [0.29, 0.717) is 12.4 Å². The van der Waals surface area contributed by atoms with Crippen molar-refractivity contribution in [1.29, 1.82) is 0 Å². The Kier molecular flexibility index (Phi) is 7.69. The fourth-order valence-corrected chi connectivity index (χ4v) is 3.38. The number of benzene rings is 2. The van der Waals surface area contributed by atoms with Gasteiger partial charge in [-0.3, -0.25) is 4.90 Å². The highest BCUT2D eigenvalue weighted by Gasteiger charge is 2.16. The average molecular weight is 387 g/mol. The number of halogens is 1. The molecule has 0 radical (unpaired) electrons. The van der Waals surface area contributed by atoms with Gasteiger partial charge in [-0.25, -0.2) is 4.39 Å². The van der Waals surface area contributed by atoms with Crippen molar-refractivity contribution in [2.75, 3.05) is 45.9 Å². The van der Waals surface area contributed by atoms with E-state index in [1.807, 2.05) is 13.8 Å². The van der Waals surface area contributed by atoms with Crippen molar-refractivity contribution in [3.8, 4) is 11.5 Å². The molecule has 0 bridgehead atoms. The molecule has 1 saturated heterocycles. The SMILES string of the molecule is CC(C)Oc1ccc(CCN2CCN(CCOc3ccccc3F)CC2)cc1. The van der Waals surface area contributed by atoms with Gasteiger partial charge in [0.1, 0.15) is 12.4 Å². The maximum Gasteiger partial charge on any atom is 0.165 e. The van der Waals surface area contributed by atoms with Gasteiger partial charge in [0.2, 0.25) is 0 Å². The van der Waals surface area contributed by atoms with Crippen molar-refractivity contribution in [3.63, 3.8) is 0 Å². The summed E-state index contributed by atoms with van der Waals surface area (Å²) in [6, 6.07) is 15.0. The van der Waals surface area contributed by atoms with E-state index in [0.717, 1.165) is 51.4 Å². The minimum absolute atomic E-state index is 0.208. The van der Waals surface area contributed by atoms with Crippen LogP contribution in [-0.2, 0) is 6.42 Å². The first-order valence-electron chi connectivity index (χ1n) is 10.2. The molecule has 2 aromatic rings. The summed E-state index contributed by atoms with van der Waals surface area (Å²) < 4.78 is 24.8. The van der Waals surface area contributed by atoms with Crippen LogP contribution in [0, 0.1) is 5.82 Å². The number of nitrogens with zero attached hydrogens (tertiary/aromatic N) is 2. The predicted molar refractivity (Wildman–Crippen MR) is 111 cm³/mol. The third kappa shape index (κ3) is 6.50. The van der Waals surface area contributed by atoms with Gasteiger partial charge in [0.05, 0.1) is 6.10 Å². The van der Waals surface area contributed by atoms with Crippen LogP contribution in [-0.4, -0.2) is 61.8 Å². The van der Waals surface area contributed by atoms with Crippen LogP contribution in [0.5, 0.6) is 11.5 Å². The van der Waals surface area contributed by atoms with Gasteiger partial charge in [-0.1, -0.05) is 24.3 Å². The molecule has 1 aliphatic heterocycles. The Morgan fingerprint density at radius 3 is 2.18 bits per heavy atom. The zero-order valence-electron chi connectivity index (χ0n) is 16.9. The lowest BCUT2D eigenvalue weighted by Crippen LogP contribution is -2.47. The molecule has 0 unspecified atom stereocenters. The van der Waals surface area contributed by atoms with Crippen LogP contribution in [0.2, 0.25) is 0 Å². The van der Waals surface area contributed by atoms with Crippen LogP contribution in [0.15, 0.2) is 48.5 Å². The third-order valence-corrected chi connectivity index (χ3v) is 4.98. The van der Waals surface area contributed by atoms with Gasteiger partial charge >= 0.3 is 0 Å². The van der Waals surface area contributed by atoms with Crippen LogP contribution in [0.3, 0.4) is 0 Å². The molecule has 0 aliphatic carbocycles. The Morgan fingerprint density at radius 1 is 0.893 bits per heavy atom. The molecule has 4 nitrogen and oxygen atoms in total. The quantitative estimate of drug-likeness (QED) is 0.654. The Balaban J connectivity index is 1.32. The first kappa shape index (κ1) is 20.6. The summed E-state index contributed by atoms with van der Waals surface area (Å²) in [6.45, 7) is 10.7. The average Bonchev–Trinajstić information content (AvgIpc) is 2.69. The number of hydrogen-bond donors (Lipinski definition) is 0. The highest BCUT2D eigenvalue weighted by molar-refractivity contribution is 5.27. The minimum atomic E-state index is -0.295. The molecular formula is C23H31FN2O2. The summed E-state index contributed by atoms with van der Waals surface area (Å²) in [7, 11) is 0. The molecule has 5 heteroatoms. The molecule has 0 amide bonds. The molecule has 0 N–H and O–H groups in total. The zero-order valence-corrected chi connectivity index (χ0v) is 16.9. The molecule has 0 aromatic heterocycles. The molecular weight excluding hydrogens is 355 g/mol. The van der Waals surface area contributed by atoms with Crippen molar-refractivity contribution in [3.05, 3.63) is 59.9 Å². The molecule has 3 rings (SSSR count). The van der Waals surface area contributed by atoms with Crippen LogP contribution in [0.1, 0.15) is 19.4 Å². The van der Waals surface area contributed by atoms with Crippen molar-refractivity contribution in [2.24, 2.45) is 0 Å². The second-order valence-corrected chi connectivity index (χ2v) is 7.52. The van der Waals surface area contributed by atoms with E-state index in [1.54, 1.807) is 18.2 Å². The highest BCUT2D eigenvalue weighted by Crippen LogP contribution is 2.16. The zero-order chi connectivity index (χ0) is 19.8. The van der Waals surface area contributed by atoms with E-state index in [-0.39, 0.29) is 11.9 Å². The van der Waals surface area contributed by atoms with Gasteiger partial charge in [-0.15, -0.1) is 0 Å². The maximum absolute atomic E-state index is 13.6. The van der Waals surface area contributed by atoms with E-state index in [2.05, 4.69) is 34.1 Å². The number of ether oxygens (including phenoxy) is 2. The van der Waals surface area contributed by atoms with E-state index in [4.69, 9.17) is 9.47 Å². The monoisotopic (exact) mass is 386 g/mol. The molecule has 1 fully saturated rings. The minimum Gasteiger partial charge on any atom is -0.491 e. The van der Waals surface area contributed by atoms with Crippen molar-refractivity contribution in [1.82, 2.24) is 9.80 Å². The summed E-state index contributed by atoms with van der Waals surface area (Å²) in [5, 5.41) is 0. The second kappa shape index (κ2) is 10.4. The van der Waals surface area contributed by atoms with E-state index in [9.17, 15) is 4.39 Å². The first-order chi connectivity index (χ1) is 13.6. The molecule has 0 atom stereocenters. The lowest BCUT2D eigenvalue weighted by atomic mass is 10.1. The Hall–Kier alpha value is -2.11. The molecule has 28 heavy (non-hydrogen) atoms. The normalized spacial score (nSPS) is 15.7. The fourth-order valence-electron chi connectivity index (χ4n) is 3.38. The summed E-state index contributed by atoms with van der Waals surface area (Å²) in [4.78, 5) is 4.89. The fraction of sp³-hybridized carbons (Fsp3) is 0.478. The van der Waals surface area contributed by atoms with Crippen LogP contribution in [0.25, 0.3) is 0 Å². The lowest BCUT2D eigenvalue weighted by molar-refractivity contribution is 0.117. The van der Waals surface area contributed by atoms with Crippen molar-refractivity contribution < 1.29 is 13.9 Å². The molecule has 1 heterocycles. The Morgan fingerprint density at radius 2 is 1.54 bits per heavy atom. The largest absolute Gasteiger partial charge is 0.491 e. The van der Waals surface area contributed by atoms with Crippen molar-refractivity contribution in [2.45, 2.75) is 26.4 Å². The second-order valence-electron chi connectivity index (χ2n) is 7.52. The first-order valence-corrected chi connectivity index (χ1v) is 10.2. The summed E-state index contributed by atoms with van der Waals surface area (Å²) >= 11 is 0. The maximum atomic E-state index is 13.6. The molecule has 0 saturated carbocycles. The molecule has 152 valence electrons. The Labute approximate surface area is 167 Å². The van der Waals surface area contributed by atoms with E-state index < -0.39 is 0 Å². The number of para-hydroxylation sites is 1. The van der Waals surface area contributed by atoms with Gasteiger partial charge in [0.15, 0.2) is 11.6 Å². The summed E-state index contributed by atoms with van der Waals surface area (Å²) in [5.74, 6) is 0.979. The summed E-state index contributed by atoms with van der Waals surface area (Å²) in [5.41, 5.74) is 1.34. The smallest absolute Gasteiger partial charge is 0.165 e. The number of piperazine rings is 1. The lowest BCUT2D eigenvalue weighted by Gasteiger charge is -2.34. The van der Waals surface area contributed by atoms with Crippen LogP contribution < -0.4 is 9.47 Å². The predicted octanol–water partition coefficient (Wildman–Crippen LogP) is 3.85. The van der Waals surface area contributed by atoms with E-state index >= 15 is 0 Å².